The number of ether oxygens (including phenoxy) is 1. The zero-order valence-corrected chi connectivity index (χ0v) is 15.2. The van der Waals surface area contributed by atoms with E-state index in [1.807, 2.05) is 30.3 Å². The van der Waals surface area contributed by atoms with Crippen LogP contribution in [-0.2, 0) is 11.4 Å². The van der Waals surface area contributed by atoms with E-state index in [9.17, 15) is 9.18 Å². The van der Waals surface area contributed by atoms with E-state index in [0.717, 1.165) is 5.69 Å². The van der Waals surface area contributed by atoms with Gasteiger partial charge in [0.25, 0.3) is 0 Å². The Labute approximate surface area is 159 Å². The Bertz CT molecular complexity index is 887. The van der Waals surface area contributed by atoms with E-state index in [0.29, 0.717) is 28.9 Å². The molecule has 3 rings (SSSR count). The molecule has 0 spiro atoms. The highest BCUT2D eigenvalue weighted by Gasteiger charge is 2.12. The van der Waals surface area contributed by atoms with Gasteiger partial charge in [-0.25, -0.2) is 9.07 Å². The van der Waals surface area contributed by atoms with Crippen molar-refractivity contribution in [3.05, 3.63) is 66.2 Å². The van der Waals surface area contributed by atoms with E-state index in [1.54, 1.807) is 0 Å². The van der Waals surface area contributed by atoms with Gasteiger partial charge in [0.1, 0.15) is 18.2 Å². The SMILES string of the molecule is Nn1c(COc2ccc(F)cc2)nnc1SCCC(=O)Nc1ccccc1. The van der Waals surface area contributed by atoms with Crippen molar-refractivity contribution < 1.29 is 13.9 Å². The molecule has 1 aromatic heterocycles. The fraction of sp³-hybridized carbons (Fsp3) is 0.167. The number of rotatable bonds is 8. The average Bonchev–Trinajstić information content (AvgIpc) is 3.02. The van der Waals surface area contributed by atoms with Gasteiger partial charge >= 0.3 is 0 Å². The van der Waals surface area contributed by atoms with Crippen LogP contribution in [0.4, 0.5) is 10.1 Å². The van der Waals surface area contributed by atoms with Crippen molar-refractivity contribution >= 4 is 23.4 Å². The number of para-hydroxylation sites is 1. The van der Waals surface area contributed by atoms with Gasteiger partial charge in [0.2, 0.25) is 11.1 Å². The molecule has 1 amide bonds. The molecule has 0 saturated carbocycles. The number of hydrogen-bond donors (Lipinski definition) is 2. The first-order chi connectivity index (χ1) is 13.1. The lowest BCUT2D eigenvalue weighted by Crippen LogP contribution is -2.16. The molecule has 3 N–H and O–H groups in total. The number of carbonyl (C=O) groups is 1. The smallest absolute Gasteiger partial charge is 0.225 e. The van der Waals surface area contributed by atoms with Crippen molar-refractivity contribution in [2.75, 3.05) is 16.9 Å². The lowest BCUT2D eigenvalue weighted by molar-refractivity contribution is -0.115. The lowest BCUT2D eigenvalue weighted by Gasteiger charge is -2.06. The predicted octanol–water partition coefficient (Wildman–Crippen LogP) is 2.83. The number of nitrogens with two attached hydrogens (primary N) is 1. The van der Waals surface area contributed by atoms with Gasteiger partial charge in [-0.1, -0.05) is 30.0 Å². The van der Waals surface area contributed by atoms with Gasteiger partial charge in [0.05, 0.1) is 0 Å². The minimum absolute atomic E-state index is 0.0864. The van der Waals surface area contributed by atoms with Crippen molar-refractivity contribution in [2.24, 2.45) is 0 Å². The van der Waals surface area contributed by atoms with Crippen molar-refractivity contribution in [3.63, 3.8) is 0 Å². The van der Waals surface area contributed by atoms with Crippen molar-refractivity contribution in [3.8, 4) is 5.75 Å². The summed E-state index contributed by atoms with van der Waals surface area (Å²) in [6.45, 7) is 0.101. The molecular weight excluding hydrogens is 369 g/mol. The molecule has 3 aromatic rings. The molecule has 0 fully saturated rings. The zero-order valence-electron chi connectivity index (χ0n) is 14.3. The van der Waals surface area contributed by atoms with Gasteiger partial charge in [-0.3, -0.25) is 4.79 Å². The van der Waals surface area contributed by atoms with Crippen molar-refractivity contribution in [2.45, 2.75) is 18.2 Å². The fourth-order valence-corrected chi connectivity index (χ4v) is 2.98. The summed E-state index contributed by atoms with van der Waals surface area (Å²) in [5.74, 6) is 6.98. The Balaban J connectivity index is 1.45. The first-order valence-electron chi connectivity index (χ1n) is 8.17. The summed E-state index contributed by atoms with van der Waals surface area (Å²) >= 11 is 1.33. The molecule has 0 bridgehead atoms. The Morgan fingerprint density at radius 2 is 1.89 bits per heavy atom. The Kier molecular flexibility index (Phi) is 6.26. The number of nitrogen functional groups attached to an aromatic ring is 1. The van der Waals surface area contributed by atoms with Crippen molar-refractivity contribution in [1.82, 2.24) is 14.9 Å². The second-order valence-corrected chi connectivity index (χ2v) is 6.59. The van der Waals surface area contributed by atoms with E-state index >= 15 is 0 Å². The quantitative estimate of drug-likeness (QED) is 0.456. The molecule has 0 saturated heterocycles. The highest BCUT2D eigenvalue weighted by Crippen LogP contribution is 2.18. The van der Waals surface area contributed by atoms with Gasteiger partial charge in [-0.2, -0.15) is 0 Å². The Hall–Kier alpha value is -3.07. The number of thioether (sulfide) groups is 1. The number of carbonyl (C=O) groups excluding carboxylic acids is 1. The van der Waals surface area contributed by atoms with E-state index < -0.39 is 0 Å². The monoisotopic (exact) mass is 387 g/mol. The number of hydrogen-bond acceptors (Lipinski definition) is 6. The maximum Gasteiger partial charge on any atom is 0.225 e. The number of halogens is 1. The molecule has 0 aliphatic rings. The van der Waals surface area contributed by atoms with Gasteiger partial charge in [0, 0.05) is 17.9 Å². The van der Waals surface area contributed by atoms with Crippen LogP contribution in [-0.4, -0.2) is 26.5 Å². The van der Waals surface area contributed by atoms with Crippen LogP contribution >= 0.6 is 11.8 Å². The second kappa shape index (κ2) is 9.04. The number of aromatic nitrogens is 3. The predicted molar refractivity (Wildman–Crippen MR) is 101 cm³/mol. The summed E-state index contributed by atoms with van der Waals surface area (Å²) < 4.78 is 19.7. The van der Waals surface area contributed by atoms with Gasteiger partial charge in [0.15, 0.2) is 5.82 Å². The number of nitrogens with one attached hydrogen (secondary N) is 1. The number of nitrogens with zero attached hydrogens (tertiary/aromatic N) is 3. The van der Waals surface area contributed by atoms with Gasteiger partial charge in [-0.05, 0) is 36.4 Å². The highest BCUT2D eigenvalue weighted by atomic mass is 32.2. The van der Waals surface area contributed by atoms with Crippen LogP contribution in [0.15, 0.2) is 59.8 Å². The molecule has 27 heavy (non-hydrogen) atoms. The van der Waals surface area contributed by atoms with Crippen LogP contribution in [0.1, 0.15) is 12.2 Å². The van der Waals surface area contributed by atoms with Crippen LogP contribution in [0.2, 0.25) is 0 Å². The molecule has 9 heteroatoms. The third kappa shape index (κ3) is 5.45. The third-order valence-electron chi connectivity index (χ3n) is 3.53. The van der Waals surface area contributed by atoms with E-state index in [2.05, 4.69) is 15.5 Å². The summed E-state index contributed by atoms with van der Waals surface area (Å²) in [7, 11) is 0. The molecule has 1 heterocycles. The fourth-order valence-electron chi connectivity index (χ4n) is 2.16. The van der Waals surface area contributed by atoms with Gasteiger partial charge < -0.3 is 15.9 Å². The van der Waals surface area contributed by atoms with E-state index in [-0.39, 0.29) is 18.3 Å². The van der Waals surface area contributed by atoms with E-state index in [1.165, 1.54) is 40.7 Å². The van der Waals surface area contributed by atoms with Crippen LogP contribution in [0.5, 0.6) is 5.75 Å². The van der Waals surface area contributed by atoms with E-state index in [4.69, 9.17) is 10.6 Å². The zero-order chi connectivity index (χ0) is 19.1. The molecular formula is C18H18FN5O2S. The number of benzene rings is 2. The summed E-state index contributed by atoms with van der Waals surface area (Å²) in [6, 6.07) is 14.9. The largest absolute Gasteiger partial charge is 0.486 e. The summed E-state index contributed by atoms with van der Waals surface area (Å²) in [4.78, 5) is 11.9. The first-order valence-corrected chi connectivity index (χ1v) is 9.16. The maximum absolute atomic E-state index is 12.9. The molecule has 0 atom stereocenters. The van der Waals surface area contributed by atoms with Crippen molar-refractivity contribution in [1.29, 1.82) is 0 Å². The normalized spacial score (nSPS) is 10.6. The summed E-state index contributed by atoms with van der Waals surface area (Å²) in [6.07, 6.45) is 0.313. The topological polar surface area (TPSA) is 95.1 Å². The van der Waals surface area contributed by atoms with Crippen LogP contribution in [0, 0.1) is 5.82 Å². The standard InChI is InChI=1S/C18H18FN5O2S/c19-13-6-8-15(9-7-13)26-12-16-22-23-18(24(16)20)27-11-10-17(25)21-14-4-2-1-3-5-14/h1-9H,10-12,20H2,(H,21,25). The Morgan fingerprint density at radius 1 is 1.15 bits per heavy atom. The highest BCUT2D eigenvalue weighted by molar-refractivity contribution is 7.99. The van der Waals surface area contributed by atoms with Crippen LogP contribution in [0.3, 0.4) is 0 Å². The first kappa shape index (κ1) is 18.7. The minimum Gasteiger partial charge on any atom is -0.486 e. The molecule has 140 valence electrons. The minimum atomic E-state index is -0.334. The summed E-state index contributed by atoms with van der Waals surface area (Å²) in [5, 5.41) is 11.3. The number of anilines is 1. The lowest BCUT2D eigenvalue weighted by atomic mass is 10.3. The van der Waals surface area contributed by atoms with Crippen LogP contribution < -0.4 is 15.9 Å². The molecule has 0 unspecified atom stereocenters. The molecule has 7 nitrogen and oxygen atoms in total. The summed E-state index contributed by atoms with van der Waals surface area (Å²) in [5.41, 5.74) is 0.759. The third-order valence-corrected chi connectivity index (χ3v) is 4.48. The molecule has 0 aliphatic carbocycles. The Morgan fingerprint density at radius 3 is 2.63 bits per heavy atom. The molecule has 0 radical (unpaired) electrons. The number of amides is 1. The second-order valence-electron chi connectivity index (χ2n) is 5.52. The van der Waals surface area contributed by atoms with Crippen LogP contribution in [0.25, 0.3) is 0 Å². The molecule has 2 aromatic carbocycles. The maximum atomic E-state index is 12.9. The average molecular weight is 387 g/mol. The van der Waals surface area contributed by atoms with Gasteiger partial charge in [-0.15, -0.1) is 10.2 Å². The molecule has 0 aliphatic heterocycles.